The summed E-state index contributed by atoms with van der Waals surface area (Å²) in [7, 11) is 8.97. The molecule has 0 amide bonds. The van der Waals surface area contributed by atoms with E-state index in [-0.39, 0.29) is 57.7 Å². The van der Waals surface area contributed by atoms with Gasteiger partial charge >= 0.3 is 5.97 Å². The number of carbonyl (C=O) groups excluding carboxylic acids is 1. The summed E-state index contributed by atoms with van der Waals surface area (Å²) in [4.78, 5) is 11.7. The summed E-state index contributed by atoms with van der Waals surface area (Å²) in [5.41, 5.74) is 0.662. The standard InChI is InChI=1S/C16H23NO5.HI.3H2O/c1-17(2,3)8-9-22-15(18)7-6-12-10-13(20-4)16(19)14(11-12)21-5;;;;/h6-7,10-11H,8-9H2,1-5H3;1H;3*1H2. The first kappa shape index (κ1) is 32.1. The summed E-state index contributed by atoms with van der Waals surface area (Å²) in [5, 5.41) is 9.82. The average Bonchev–Trinajstić information content (AvgIpc) is 2.44. The summed E-state index contributed by atoms with van der Waals surface area (Å²) in [6.07, 6.45) is 2.92. The number of halogens is 1. The molecule has 0 spiro atoms. The first-order valence-corrected chi connectivity index (χ1v) is 6.87. The first-order chi connectivity index (χ1) is 10.3. The van der Waals surface area contributed by atoms with Crippen LogP contribution in [0.15, 0.2) is 18.2 Å². The molecular weight excluding hydrogens is 461 g/mol. The molecule has 0 heterocycles. The van der Waals surface area contributed by atoms with Gasteiger partial charge < -0.3 is 64.2 Å². The molecule has 0 unspecified atom stereocenters. The van der Waals surface area contributed by atoms with Crippen molar-refractivity contribution < 1.29 is 69.0 Å². The highest BCUT2D eigenvalue weighted by Crippen LogP contribution is 2.37. The predicted octanol–water partition coefficient (Wildman–Crippen LogP) is -3.80. The molecule has 0 atom stereocenters. The van der Waals surface area contributed by atoms with E-state index in [4.69, 9.17) is 14.2 Å². The molecule has 9 nitrogen and oxygen atoms in total. The molecular formula is C16H30INO8. The Kier molecular flexibility index (Phi) is 18.0. The van der Waals surface area contributed by atoms with Crippen molar-refractivity contribution in [3.05, 3.63) is 23.8 Å². The lowest BCUT2D eigenvalue weighted by Gasteiger charge is -2.23. The van der Waals surface area contributed by atoms with Crippen LogP contribution in [-0.4, -0.2) is 80.5 Å². The van der Waals surface area contributed by atoms with Crippen LogP contribution >= 0.6 is 0 Å². The third-order valence-electron chi connectivity index (χ3n) is 2.92. The SMILES string of the molecule is COc1cc(/C=C/C(=O)OCC[N+](C)(C)C)cc(OC)c1O.O.O.O.[I-]. The van der Waals surface area contributed by atoms with E-state index in [0.29, 0.717) is 12.2 Å². The lowest BCUT2D eigenvalue weighted by molar-refractivity contribution is -0.870. The monoisotopic (exact) mass is 491 g/mol. The summed E-state index contributed by atoms with van der Waals surface area (Å²) in [5.74, 6) is 0.0573. The molecule has 0 saturated carbocycles. The van der Waals surface area contributed by atoms with Gasteiger partial charge in [0.25, 0.3) is 0 Å². The molecule has 10 heteroatoms. The van der Waals surface area contributed by atoms with Crippen LogP contribution in [0, 0.1) is 0 Å². The van der Waals surface area contributed by atoms with Crippen molar-refractivity contribution in [2.45, 2.75) is 0 Å². The molecule has 0 aliphatic heterocycles. The highest BCUT2D eigenvalue weighted by Gasteiger charge is 2.11. The van der Waals surface area contributed by atoms with Crippen molar-refractivity contribution in [1.82, 2.24) is 0 Å². The minimum atomic E-state index is -0.417. The van der Waals surface area contributed by atoms with E-state index >= 15 is 0 Å². The molecule has 0 fully saturated rings. The Morgan fingerprint density at radius 1 is 1.08 bits per heavy atom. The highest BCUT2D eigenvalue weighted by atomic mass is 127. The van der Waals surface area contributed by atoms with Crippen LogP contribution in [0.25, 0.3) is 6.08 Å². The van der Waals surface area contributed by atoms with Gasteiger partial charge in [0.2, 0.25) is 5.75 Å². The number of benzene rings is 1. The Labute approximate surface area is 170 Å². The van der Waals surface area contributed by atoms with E-state index in [0.717, 1.165) is 11.0 Å². The third-order valence-corrected chi connectivity index (χ3v) is 2.92. The number of esters is 1. The summed E-state index contributed by atoms with van der Waals surface area (Å²) < 4.78 is 16.0. The Morgan fingerprint density at radius 2 is 1.54 bits per heavy atom. The van der Waals surface area contributed by atoms with Gasteiger partial charge in [0, 0.05) is 6.08 Å². The first-order valence-electron chi connectivity index (χ1n) is 6.87. The number of rotatable bonds is 7. The van der Waals surface area contributed by atoms with E-state index in [1.807, 2.05) is 21.1 Å². The second-order valence-electron chi connectivity index (χ2n) is 5.79. The topological polar surface area (TPSA) is 159 Å². The van der Waals surface area contributed by atoms with Crippen LogP contribution in [-0.2, 0) is 9.53 Å². The number of likely N-dealkylation sites (N-methyl/N-ethyl adjacent to an activating group) is 1. The maximum atomic E-state index is 11.7. The normalized spacial score (nSPS) is 9.73. The lowest BCUT2D eigenvalue weighted by atomic mass is 10.1. The van der Waals surface area contributed by atoms with Crippen molar-refractivity contribution in [2.75, 3.05) is 48.5 Å². The van der Waals surface area contributed by atoms with E-state index < -0.39 is 5.97 Å². The van der Waals surface area contributed by atoms with E-state index in [2.05, 4.69) is 0 Å². The number of aromatic hydroxyl groups is 1. The van der Waals surface area contributed by atoms with E-state index in [1.165, 1.54) is 20.3 Å². The molecule has 1 aromatic rings. The van der Waals surface area contributed by atoms with Crippen LogP contribution in [0.5, 0.6) is 17.2 Å². The van der Waals surface area contributed by atoms with Crippen molar-refractivity contribution in [3.63, 3.8) is 0 Å². The summed E-state index contributed by atoms with van der Waals surface area (Å²) in [6.45, 7) is 1.09. The second kappa shape index (κ2) is 14.6. The zero-order valence-electron chi connectivity index (χ0n) is 15.6. The molecule has 1 aromatic carbocycles. The number of hydrogen-bond acceptors (Lipinski definition) is 5. The second-order valence-corrected chi connectivity index (χ2v) is 5.79. The Morgan fingerprint density at radius 3 is 1.92 bits per heavy atom. The van der Waals surface area contributed by atoms with Crippen molar-refractivity contribution in [2.24, 2.45) is 0 Å². The molecule has 0 aromatic heterocycles. The van der Waals surface area contributed by atoms with Gasteiger partial charge in [-0.15, -0.1) is 0 Å². The smallest absolute Gasteiger partial charge is 0.330 e. The zero-order chi connectivity index (χ0) is 16.8. The van der Waals surface area contributed by atoms with Crippen LogP contribution in [0.2, 0.25) is 0 Å². The largest absolute Gasteiger partial charge is 1.00 e. The fourth-order valence-corrected chi connectivity index (χ4v) is 1.64. The number of quaternary nitrogens is 1. The van der Waals surface area contributed by atoms with Gasteiger partial charge in [-0.3, -0.25) is 0 Å². The van der Waals surface area contributed by atoms with Crippen molar-refractivity contribution in [3.8, 4) is 17.2 Å². The summed E-state index contributed by atoms with van der Waals surface area (Å²) >= 11 is 0. The fraction of sp³-hybridized carbons (Fsp3) is 0.438. The van der Waals surface area contributed by atoms with Gasteiger partial charge in [-0.25, -0.2) is 4.79 Å². The van der Waals surface area contributed by atoms with Crippen molar-refractivity contribution >= 4 is 12.0 Å². The molecule has 0 saturated heterocycles. The third kappa shape index (κ3) is 11.1. The Bertz CT molecular complexity index is 533. The minimum Gasteiger partial charge on any atom is -1.00 e. The van der Waals surface area contributed by atoms with Gasteiger partial charge in [-0.05, 0) is 23.8 Å². The molecule has 26 heavy (non-hydrogen) atoms. The highest BCUT2D eigenvalue weighted by molar-refractivity contribution is 5.87. The molecule has 0 radical (unpaired) electrons. The maximum absolute atomic E-state index is 11.7. The van der Waals surface area contributed by atoms with Crippen LogP contribution in [0.1, 0.15) is 5.56 Å². The zero-order valence-corrected chi connectivity index (χ0v) is 17.8. The van der Waals surface area contributed by atoms with Gasteiger partial charge in [0.1, 0.15) is 13.2 Å². The molecule has 0 aliphatic carbocycles. The number of ether oxygens (including phenoxy) is 3. The van der Waals surface area contributed by atoms with Crippen molar-refractivity contribution in [1.29, 1.82) is 0 Å². The van der Waals surface area contributed by atoms with E-state index in [1.54, 1.807) is 18.2 Å². The average molecular weight is 491 g/mol. The fourth-order valence-electron chi connectivity index (χ4n) is 1.64. The van der Waals surface area contributed by atoms with Crippen LogP contribution in [0.4, 0.5) is 0 Å². The van der Waals surface area contributed by atoms with E-state index in [9.17, 15) is 9.90 Å². The van der Waals surface area contributed by atoms with Gasteiger partial charge in [-0.2, -0.15) is 0 Å². The molecule has 154 valence electrons. The number of nitrogens with zero attached hydrogens (tertiary/aromatic N) is 1. The number of phenolic OH excluding ortho intramolecular Hbond substituents is 1. The molecule has 7 N–H and O–H groups in total. The van der Waals surface area contributed by atoms with Gasteiger partial charge in [-0.1, -0.05) is 0 Å². The number of phenols is 1. The predicted molar refractivity (Wildman–Crippen MR) is 94.9 cm³/mol. The Hall–Kier alpha value is -1.60. The van der Waals surface area contributed by atoms with Crippen LogP contribution < -0.4 is 33.5 Å². The quantitative estimate of drug-likeness (QED) is 0.179. The van der Waals surface area contributed by atoms with Gasteiger partial charge in [0.05, 0.1) is 35.4 Å². The summed E-state index contributed by atoms with van der Waals surface area (Å²) in [6, 6.07) is 3.21. The lowest BCUT2D eigenvalue weighted by Crippen LogP contribution is -3.00. The molecule has 0 aliphatic rings. The molecule has 0 bridgehead atoms. The number of carbonyl (C=O) groups is 1. The van der Waals surface area contributed by atoms with Crippen LogP contribution in [0.3, 0.4) is 0 Å². The maximum Gasteiger partial charge on any atom is 0.330 e. The molecule has 1 rings (SSSR count). The number of methoxy groups -OCH3 is 2. The minimum absolute atomic E-state index is 0. The Balaban J connectivity index is -0.000000605. The number of hydrogen-bond donors (Lipinski definition) is 1. The van der Waals surface area contributed by atoms with Gasteiger partial charge in [0.15, 0.2) is 11.5 Å².